The molecule has 0 bridgehead atoms. The van der Waals surface area contributed by atoms with Crippen molar-refractivity contribution in [2.24, 2.45) is 0 Å². The van der Waals surface area contributed by atoms with Crippen molar-refractivity contribution in [2.75, 3.05) is 0 Å². The molecule has 0 radical (unpaired) electrons. The summed E-state index contributed by atoms with van der Waals surface area (Å²) in [5.74, 6) is -0.751. The Labute approximate surface area is 127 Å². The molecular weight excluding hydrogens is 278 g/mol. The topological polar surface area (TPSA) is 74.0 Å². The number of hydrogen-bond acceptors (Lipinski definition) is 2. The highest BCUT2D eigenvalue weighted by atomic mass is 16.2. The van der Waals surface area contributed by atoms with Crippen molar-refractivity contribution in [3.8, 4) is 0 Å². The van der Waals surface area contributed by atoms with E-state index in [1.165, 1.54) is 0 Å². The monoisotopic (exact) mass is 293 g/mol. The Hall–Kier alpha value is -3.08. The maximum Gasteiger partial charge on any atom is 0.286 e. The van der Waals surface area contributed by atoms with Gasteiger partial charge in [0.05, 0.1) is 0 Å². The van der Waals surface area contributed by atoms with Gasteiger partial charge in [-0.05, 0) is 37.3 Å². The smallest absolute Gasteiger partial charge is 0.286 e. The molecule has 1 aromatic heterocycles. The summed E-state index contributed by atoms with van der Waals surface area (Å²) < 4.78 is 0. The fraction of sp³-hybridized carbons (Fsp3) is 0.0588. The van der Waals surface area contributed by atoms with Gasteiger partial charge in [-0.2, -0.15) is 0 Å². The fourth-order valence-corrected chi connectivity index (χ4v) is 2.22. The number of carbonyl (C=O) groups excluding carboxylic acids is 2. The molecule has 0 spiro atoms. The molecule has 3 N–H and O–H groups in total. The molecule has 2 amide bonds. The molecule has 5 heteroatoms. The van der Waals surface area contributed by atoms with Crippen molar-refractivity contribution in [2.45, 2.75) is 6.92 Å². The highest BCUT2D eigenvalue weighted by Crippen LogP contribution is 2.16. The number of rotatable bonds is 2. The minimum absolute atomic E-state index is 0.360. The van der Waals surface area contributed by atoms with E-state index < -0.39 is 5.91 Å². The predicted octanol–water partition coefficient (Wildman–Crippen LogP) is 2.55. The zero-order valence-corrected chi connectivity index (χ0v) is 12.0. The number of aryl methyl sites for hydroxylation is 1. The summed E-state index contributed by atoms with van der Waals surface area (Å²) in [5.41, 5.74) is 7.68. The predicted molar refractivity (Wildman–Crippen MR) is 84.4 cm³/mol. The molecule has 5 nitrogen and oxygen atoms in total. The molecular formula is C17H15N3O2. The first-order valence-corrected chi connectivity index (χ1v) is 6.88. The van der Waals surface area contributed by atoms with Crippen LogP contribution in [0.4, 0.5) is 0 Å². The van der Waals surface area contributed by atoms with Crippen LogP contribution in [0.3, 0.4) is 0 Å². The average molecular weight is 293 g/mol. The van der Waals surface area contributed by atoms with E-state index in [1.807, 2.05) is 31.2 Å². The fourth-order valence-electron chi connectivity index (χ4n) is 2.22. The SMILES string of the molecule is Cc1ccc2[nH]c(C(=O)NNC(=O)c3ccccc3)cc2c1. The normalized spacial score (nSPS) is 10.4. The Morgan fingerprint density at radius 3 is 2.41 bits per heavy atom. The van der Waals surface area contributed by atoms with E-state index in [9.17, 15) is 9.59 Å². The van der Waals surface area contributed by atoms with Crippen molar-refractivity contribution in [1.29, 1.82) is 0 Å². The van der Waals surface area contributed by atoms with Gasteiger partial charge in [0.15, 0.2) is 0 Å². The molecule has 0 aliphatic heterocycles. The van der Waals surface area contributed by atoms with E-state index in [0.717, 1.165) is 16.5 Å². The minimum atomic E-state index is -0.391. The number of nitrogens with one attached hydrogen (secondary N) is 3. The lowest BCUT2D eigenvalue weighted by Gasteiger charge is -2.05. The number of amides is 2. The number of fused-ring (bicyclic) bond motifs is 1. The average Bonchev–Trinajstić information content (AvgIpc) is 2.96. The van der Waals surface area contributed by atoms with E-state index in [4.69, 9.17) is 0 Å². The number of aromatic nitrogens is 1. The van der Waals surface area contributed by atoms with Crippen LogP contribution >= 0.6 is 0 Å². The van der Waals surface area contributed by atoms with Crippen molar-refractivity contribution < 1.29 is 9.59 Å². The molecule has 0 aliphatic carbocycles. The summed E-state index contributed by atoms with van der Waals surface area (Å²) in [6.45, 7) is 1.99. The highest BCUT2D eigenvalue weighted by Gasteiger charge is 2.11. The van der Waals surface area contributed by atoms with Gasteiger partial charge in [-0.15, -0.1) is 0 Å². The number of H-pyrrole nitrogens is 1. The van der Waals surface area contributed by atoms with Crippen LogP contribution in [0, 0.1) is 6.92 Å². The first kappa shape index (κ1) is 13.9. The van der Waals surface area contributed by atoms with E-state index in [-0.39, 0.29) is 5.91 Å². The van der Waals surface area contributed by atoms with E-state index >= 15 is 0 Å². The molecule has 0 atom stereocenters. The van der Waals surface area contributed by atoms with Gasteiger partial charge >= 0.3 is 0 Å². The van der Waals surface area contributed by atoms with Gasteiger partial charge in [0, 0.05) is 16.5 Å². The first-order chi connectivity index (χ1) is 10.6. The van der Waals surface area contributed by atoms with Crippen molar-refractivity contribution in [3.63, 3.8) is 0 Å². The van der Waals surface area contributed by atoms with Crippen LogP contribution in [0.1, 0.15) is 26.4 Å². The molecule has 0 saturated heterocycles. The summed E-state index contributed by atoms with van der Waals surface area (Å²) >= 11 is 0. The van der Waals surface area contributed by atoms with Crippen LogP contribution in [0.2, 0.25) is 0 Å². The van der Waals surface area contributed by atoms with Gasteiger partial charge in [-0.25, -0.2) is 0 Å². The van der Waals surface area contributed by atoms with Crippen LogP contribution < -0.4 is 10.9 Å². The maximum atomic E-state index is 12.1. The molecule has 0 fully saturated rings. The molecule has 0 saturated carbocycles. The quantitative estimate of drug-likeness (QED) is 0.635. The van der Waals surface area contributed by atoms with Crippen LogP contribution in [0.5, 0.6) is 0 Å². The van der Waals surface area contributed by atoms with Crippen LogP contribution in [0.15, 0.2) is 54.6 Å². The summed E-state index contributed by atoms with van der Waals surface area (Å²) in [7, 11) is 0. The van der Waals surface area contributed by atoms with E-state index in [2.05, 4.69) is 15.8 Å². The Morgan fingerprint density at radius 1 is 0.909 bits per heavy atom. The lowest BCUT2D eigenvalue weighted by molar-refractivity contribution is 0.0844. The lowest BCUT2D eigenvalue weighted by atomic mass is 10.2. The Morgan fingerprint density at radius 2 is 1.64 bits per heavy atom. The van der Waals surface area contributed by atoms with Crippen molar-refractivity contribution >= 4 is 22.7 Å². The standard InChI is InChI=1S/C17H15N3O2/c1-11-7-8-14-13(9-11)10-15(18-14)17(22)20-19-16(21)12-5-3-2-4-6-12/h2-10,18H,1H3,(H,19,21)(H,20,22). The summed E-state index contributed by atoms with van der Waals surface area (Å²) in [6.07, 6.45) is 0. The van der Waals surface area contributed by atoms with Gasteiger partial charge in [-0.3, -0.25) is 20.4 Å². The number of carbonyl (C=O) groups is 2. The van der Waals surface area contributed by atoms with Gasteiger partial charge in [0.1, 0.15) is 5.69 Å². The summed E-state index contributed by atoms with van der Waals surface area (Å²) in [5, 5.41) is 0.958. The van der Waals surface area contributed by atoms with Gasteiger partial charge in [0.2, 0.25) is 0 Å². The zero-order chi connectivity index (χ0) is 15.5. The van der Waals surface area contributed by atoms with Gasteiger partial charge < -0.3 is 4.98 Å². The second-order valence-corrected chi connectivity index (χ2v) is 5.05. The third-order valence-corrected chi connectivity index (χ3v) is 3.35. The van der Waals surface area contributed by atoms with Crippen molar-refractivity contribution in [3.05, 3.63) is 71.4 Å². The van der Waals surface area contributed by atoms with Crippen molar-refractivity contribution in [1.82, 2.24) is 15.8 Å². The third kappa shape index (κ3) is 2.83. The first-order valence-electron chi connectivity index (χ1n) is 6.88. The van der Waals surface area contributed by atoms with Crippen LogP contribution in [0.25, 0.3) is 10.9 Å². The maximum absolute atomic E-state index is 12.1. The number of aromatic amines is 1. The molecule has 1 heterocycles. The largest absolute Gasteiger partial charge is 0.350 e. The Bertz CT molecular complexity index is 837. The second kappa shape index (κ2) is 5.73. The molecule has 3 rings (SSSR count). The van der Waals surface area contributed by atoms with Gasteiger partial charge in [-0.1, -0.05) is 29.8 Å². The van der Waals surface area contributed by atoms with E-state index in [1.54, 1.807) is 30.3 Å². The number of benzene rings is 2. The lowest BCUT2D eigenvalue weighted by Crippen LogP contribution is -2.41. The molecule has 3 aromatic rings. The third-order valence-electron chi connectivity index (χ3n) is 3.35. The summed E-state index contributed by atoms with van der Waals surface area (Å²) in [6, 6.07) is 16.3. The molecule has 22 heavy (non-hydrogen) atoms. The van der Waals surface area contributed by atoms with Gasteiger partial charge in [0.25, 0.3) is 11.8 Å². The Kier molecular flexibility index (Phi) is 3.62. The molecule has 0 aliphatic rings. The molecule has 0 unspecified atom stereocenters. The number of hydrazine groups is 1. The minimum Gasteiger partial charge on any atom is -0.350 e. The van der Waals surface area contributed by atoms with E-state index in [0.29, 0.717) is 11.3 Å². The highest BCUT2D eigenvalue weighted by molar-refractivity contribution is 6.00. The number of hydrogen-bond donors (Lipinski definition) is 3. The summed E-state index contributed by atoms with van der Waals surface area (Å²) in [4.78, 5) is 27.0. The van der Waals surface area contributed by atoms with Crippen LogP contribution in [-0.4, -0.2) is 16.8 Å². The Balaban J connectivity index is 1.69. The van der Waals surface area contributed by atoms with Crippen LogP contribution in [-0.2, 0) is 0 Å². The zero-order valence-electron chi connectivity index (χ0n) is 12.0. The second-order valence-electron chi connectivity index (χ2n) is 5.05. The molecule has 2 aromatic carbocycles. The molecule has 110 valence electrons.